The van der Waals surface area contributed by atoms with Crippen LogP contribution < -0.4 is 0 Å². The fraction of sp³-hybridized carbons (Fsp3) is 0.889. The maximum atomic E-state index is 11.4. The molecule has 1 heterocycles. The predicted molar refractivity (Wildman–Crippen MR) is 58.6 cm³/mol. The zero-order valence-corrected chi connectivity index (χ0v) is 9.55. The lowest BCUT2D eigenvalue weighted by Gasteiger charge is -2.23. The van der Waals surface area contributed by atoms with Gasteiger partial charge in [-0.3, -0.25) is 4.79 Å². The molecule has 0 spiro atoms. The van der Waals surface area contributed by atoms with Gasteiger partial charge in [-0.1, -0.05) is 41.9 Å². The Morgan fingerprint density at radius 2 is 1.58 bits per heavy atom. The zero-order chi connectivity index (χ0) is 8.81. The Labute approximate surface area is 87.8 Å². The summed E-state index contributed by atoms with van der Waals surface area (Å²) in [5.74, 6) is 0.317. The zero-order valence-electron chi connectivity index (χ0n) is 7.39. The molecule has 1 amide bonds. The normalized spacial score (nSPS) is 19.9. The van der Waals surface area contributed by atoms with Crippen LogP contribution in [0, 0.1) is 0 Å². The molecule has 2 nitrogen and oxygen atoms in total. The average Bonchev–Trinajstić information content (AvgIpc) is 2.02. The number of hydrogen-bond acceptors (Lipinski definition) is 1. The molecule has 3 heteroatoms. The van der Waals surface area contributed by atoms with E-state index in [2.05, 4.69) is 22.6 Å². The topological polar surface area (TPSA) is 20.3 Å². The second kappa shape index (κ2) is 5.78. The molecule has 0 aromatic rings. The Kier molecular flexibility index (Phi) is 4.95. The second-order valence-electron chi connectivity index (χ2n) is 3.28. The average molecular weight is 281 g/mol. The largest absolute Gasteiger partial charge is 0.342 e. The third kappa shape index (κ3) is 3.29. The first-order chi connectivity index (χ1) is 5.84. The van der Waals surface area contributed by atoms with Crippen LogP contribution in [0.25, 0.3) is 0 Å². The van der Waals surface area contributed by atoms with Crippen LogP contribution in [0.4, 0.5) is 0 Å². The molecule has 0 saturated carbocycles. The highest BCUT2D eigenvalue weighted by Gasteiger charge is 2.12. The summed E-state index contributed by atoms with van der Waals surface area (Å²) in [6.45, 7) is 1.98. The van der Waals surface area contributed by atoms with Gasteiger partial charge in [0.2, 0.25) is 5.91 Å². The van der Waals surface area contributed by atoms with E-state index in [0.717, 1.165) is 13.1 Å². The van der Waals surface area contributed by atoms with Gasteiger partial charge in [-0.2, -0.15) is 0 Å². The van der Waals surface area contributed by atoms with E-state index in [1.165, 1.54) is 32.1 Å². The second-order valence-corrected chi connectivity index (χ2v) is 4.04. The van der Waals surface area contributed by atoms with E-state index in [1.54, 1.807) is 0 Å². The molecule has 0 unspecified atom stereocenters. The van der Waals surface area contributed by atoms with Crippen molar-refractivity contribution in [3.8, 4) is 0 Å². The molecule has 70 valence electrons. The monoisotopic (exact) mass is 281 g/mol. The van der Waals surface area contributed by atoms with Crippen LogP contribution in [0.1, 0.15) is 32.1 Å². The molecule has 1 aliphatic heterocycles. The summed E-state index contributed by atoms with van der Waals surface area (Å²) in [6.07, 6.45) is 6.34. The number of rotatable bonds is 1. The maximum Gasteiger partial charge on any atom is 0.232 e. The summed E-state index contributed by atoms with van der Waals surface area (Å²) in [6, 6.07) is 0. The number of halogens is 1. The smallest absolute Gasteiger partial charge is 0.232 e. The van der Waals surface area contributed by atoms with Crippen LogP contribution in [0.3, 0.4) is 0 Å². The minimum absolute atomic E-state index is 0.317. The SMILES string of the molecule is O=C(CI)N1CCCCCCC1. The van der Waals surface area contributed by atoms with Crippen LogP contribution in [0.15, 0.2) is 0 Å². The van der Waals surface area contributed by atoms with Gasteiger partial charge in [-0.25, -0.2) is 0 Å². The van der Waals surface area contributed by atoms with E-state index < -0.39 is 0 Å². The van der Waals surface area contributed by atoms with Crippen LogP contribution in [0.2, 0.25) is 0 Å². The van der Waals surface area contributed by atoms with Crippen molar-refractivity contribution in [1.29, 1.82) is 0 Å². The lowest BCUT2D eigenvalue weighted by molar-refractivity contribution is -0.128. The van der Waals surface area contributed by atoms with Crippen LogP contribution in [-0.4, -0.2) is 28.3 Å². The summed E-state index contributed by atoms with van der Waals surface area (Å²) >= 11 is 2.15. The van der Waals surface area contributed by atoms with Gasteiger partial charge in [0.1, 0.15) is 0 Å². The van der Waals surface area contributed by atoms with E-state index in [0.29, 0.717) is 10.3 Å². The Morgan fingerprint density at radius 3 is 2.08 bits per heavy atom. The van der Waals surface area contributed by atoms with Gasteiger partial charge in [0.15, 0.2) is 0 Å². The highest BCUT2D eigenvalue weighted by atomic mass is 127. The van der Waals surface area contributed by atoms with Gasteiger partial charge in [-0.15, -0.1) is 0 Å². The summed E-state index contributed by atoms with van der Waals surface area (Å²) in [7, 11) is 0. The molecule has 1 saturated heterocycles. The van der Waals surface area contributed by atoms with Crippen LogP contribution in [0.5, 0.6) is 0 Å². The molecular weight excluding hydrogens is 265 g/mol. The maximum absolute atomic E-state index is 11.4. The highest BCUT2D eigenvalue weighted by molar-refractivity contribution is 14.1. The number of amides is 1. The van der Waals surface area contributed by atoms with Crippen molar-refractivity contribution >= 4 is 28.5 Å². The van der Waals surface area contributed by atoms with E-state index in [4.69, 9.17) is 0 Å². The summed E-state index contributed by atoms with van der Waals surface area (Å²) in [4.78, 5) is 13.4. The minimum Gasteiger partial charge on any atom is -0.342 e. The van der Waals surface area contributed by atoms with Gasteiger partial charge in [0.25, 0.3) is 0 Å². The summed E-state index contributed by atoms with van der Waals surface area (Å²) in [5.41, 5.74) is 0. The molecule has 0 aromatic heterocycles. The fourth-order valence-electron chi connectivity index (χ4n) is 1.58. The summed E-state index contributed by atoms with van der Waals surface area (Å²) < 4.78 is 0.637. The van der Waals surface area contributed by atoms with Crippen LogP contribution >= 0.6 is 22.6 Å². The lowest BCUT2D eigenvalue weighted by Crippen LogP contribution is -2.34. The Balaban J connectivity index is 2.34. The molecule has 1 fully saturated rings. The number of carbonyl (C=O) groups is 1. The highest BCUT2D eigenvalue weighted by Crippen LogP contribution is 2.10. The molecule has 0 aliphatic carbocycles. The standard InChI is InChI=1S/C9H16INO/c10-8-9(12)11-6-4-2-1-3-5-7-11/h1-8H2. The number of nitrogens with zero attached hydrogens (tertiary/aromatic N) is 1. The van der Waals surface area contributed by atoms with Gasteiger partial charge >= 0.3 is 0 Å². The third-order valence-electron chi connectivity index (χ3n) is 2.32. The first-order valence-corrected chi connectivity index (χ1v) is 6.21. The molecule has 0 bridgehead atoms. The summed E-state index contributed by atoms with van der Waals surface area (Å²) in [5, 5.41) is 0. The van der Waals surface area contributed by atoms with Crippen molar-refractivity contribution in [1.82, 2.24) is 4.90 Å². The van der Waals surface area contributed by atoms with Gasteiger partial charge in [0, 0.05) is 13.1 Å². The van der Waals surface area contributed by atoms with E-state index in [9.17, 15) is 4.79 Å². The Hall–Kier alpha value is 0.200. The molecule has 1 rings (SSSR count). The molecule has 1 aliphatic rings. The number of alkyl halides is 1. The van der Waals surface area contributed by atoms with Crippen LogP contribution in [-0.2, 0) is 4.79 Å². The molecule has 0 aromatic carbocycles. The molecule has 0 N–H and O–H groups in total. The van der Waals surface area contributed by atoms with E-state index in [1.807, 2.05) is 4.90 Å². The quantitative estimate of drug-likeness (QED) is 0.533. The van der Waals surface area contributed by atoms with Crippen molar-refractivity contribution in [3.63, 3.8) is 0 Å². The fourth-order valence-corrected chi connectivity index (χ4v) is 2.06. The molecular formula is C9H16INO. The predicted octanol–water partition coefficient (Wildman–Crippen LogP) is 2.21. The number of carbonyl (C=O) groups excluding carboxylic acids is 1. The lowest BCUT2D eigenvalue weighted by atomic mass is 10.1. The Bertz CT molecular complexity index is 141. The first-order valence-electron chi connectivity index (χ1n) is 4.68. The molecule has 0 radical (unpaired) electrons. The molecule has 12 heavy (non-hydrogen) atoms. The van der Waals surface area contributed by atoms with Gasteiger partial charge in [0.05, 0.1) is 4.43 Å². The minimum atomic E-state index is 0.317. The Morgan fingerprint density at radius 1 is 1.08 bits per heavy atom. The molecule has 0 atom stereocenters. The first kappa shape index (κ1) is 10.3. The van der Waals surface area contributed by atoms with Crippen molar-refractivity contribution in [2.24, 2.45) is 0 Å². The van der Waals surface area contributed by atoms with Gasteiger partial charge < -0.3 is 4.90 Å². The van der Waals surface area contributed by atoms with Crippen molar-refractivity contribution in [2.45, 2.75) is 32.1 Å². The van der Waals surface area contributed by atoms with E-state index >= 15 is 0 Å². The van der Waals surface area contributed by atoms with E-state index in [-0.39, 0.29) is 0 Å². The van der Waals surface area contributed by atoms with Crippen molar-refractivity contribution < 1.29 is 4.79 Å². The van der Waals surface area contributed by atoms with Crippen molar-refractivity contribution in [3.05, 3.63) is 0 Å². The number of likely N-dealkylation sites (tertiary alicyclic amines) is 1. The van der Waals surface area contributed by atoms with Crippen molar-refractivity contribution in [2.75, 3.05) is 17.5 Å². The van der Waals surface area contributed by atoms with Gasteiger partial charge in [-0.05, 0) is 12.8 Å². The number of hydrogen-bond donors (Lipinski definition) is 0. The third-order valence-corrected chi connectivity index (χ3v) is 2.98.